The first kappa shape index (κ1) is 17.4. The summed E-state index contributed by atoms with van der Waals surface area (Å²) in [5, 5.41) is 0. The molecule has 1 aliphatic carbocycles. The molecule has 5 heteroatoms. The van der Waals surface area contributed by atoms with Crippen molar-refractivity contribution >= 4 is 22.4 Å². The molecule has 5 nitrogen and oxygen atoms in total. The van der Waals surface area contributed by atoms with Gasteiger partial charge in [0, 0.05) is 17.3 Å². The molecule has 1 aliphatic rings. The molecule has 0 aliphatic heterocycles. The maximum atomic E-state index is 12.8. The second-order valence-corrected chi connectivity index (χ2v) is 7.04. The van der Waals surface area contributed by atoms with Crippen molar-refractivity contribution in [3.63, 3.8) is 0 Å². The molecule has 0 spiro atoms. The Hall–Kier alpha value is -3.73. The van der Waals surface area contributed by atoms with Gasteiger partial charge in [-0.3, -0.25) is 4.79 Å². The number of rotatable bonds is 5. The molecular formula is C24H19N3O2. The summed E-state index contributed by atoms with van der Waals surface area (Å²) >= 11 is 0. The fourth-order valence-electron chi connectivity index (χ4n) is 3.62. The van der Waals surface area contributed by atoms with Gasteiger partial charge in [-0.1, -0.05) is 18.2 Å². The summed E-state index contributed by atoms with van der Waals surface area (Å²) in [6.45, 7) is 0. The van der Waals surface area contributed by atoms with Crippen LogP contribution < -0.4 is 4.74 Å². The maximum Gasteiger partial charge on any atom is 0.228 e. The molecule has 4 aromatic rings. The van der Waals surface area contributed by atoms with Crippen LogP contribution in [0.5, 0.6) is 11.6 Å². The third-order valence-corrected chi connectivity index (χ3v) is 5.09. The van der Waals surface area contributed by atoms with Gasteiger partial charge in [-0.2, -0.15) is 0 Å². The maximum absolute atomic E-state index is 12.8. The van der Waals surface area contributed by atoms with E-state index in [0.29, 0.717) is 23.0 Å². The molecule has 142 valence electrons. The quantitative estimate of drug-likeness (QED) is 0.460. The average Bonchev–Trinajstić information content (AvgIpc) is 3.44. The Labute approximate surface area is 168 Å². The number of benzene rings is 2. The monoisotopic (exact) mass is 381 g/mol. The lowest BCUT2D eigenvalue weighted by Gasteiger charge is -2.11. The summed E-state index contributed by atoms with van der Waals surface area (Å²) in [6.07, 6.45) is 7.30. The van der Waals surface area contributed by atoms with E-state index >= 15 is 0 Å². The zero-order valence-electron chi connectivity index (χ0n) is 15.8. The number of H-pyrrole nitrogens is 1. The lowest BCUT2D eigenvalue weighted by Crippen LogP contribution is -2.03. The Morgan fingerprint density at radius 3 is 2.66 bits per heavy atom. The van der Waals surface area contributed by atoms with E-state index in [9.17, 15) is 4.79 Å². The molecule has 0 saturated carbocycles. The number of aromatic amines is 1. The number of aromatic nitrogens is 3. The van der Waals surface area contributed by atoms with Crippen LogP contribution in [-0.2, 0) is 0 Å². The SMILES string of the molecule is O=C(c1ccc(Oc2ncccc2C2=CCCC2)cc1)c1nc2ccccc2[nH]1. The van der Waals surface area contributed by atoms with Gasteiger partial charge in [0.15, 0.2) is 5.82 Å². The van der Waals surface area contributed by atoms with Crippen molar-refractivity contribution in [1.29, 1.82) is 0 Å². The largest absolute Gasteiger partial charge is 0.438 e. The molecule has 0 fully saturated rings. The van der Waals surface area contributed by atoms with E-state index in [-0.39, 0.29) is 5.78 Å². The zero-order valence-corrected chi connectivity index (χ0v) is 15.8. The van der Waals surface area contributed by atoms with E-state index < -0.39 is 0 Å². The van der Waals surface area contributed by atoms with Gasteiger partial charge in [0.05, 0.1) is 11.0 Å². The molecule has 0 saturated heterocycles. The van der Waals surface area contributed by atoms with Crippen molar-refractivity contribution in [3.05, 3.63) is 89.9 Å². The van der Waals surface area contributed by atoms with Crippen molar-refractivity contribution in [2.45, 2.75) is 19.3 Å². The molecule has 2 aromatic heterocycles. The standard InChI is InChI=1S/C24H19N3O2/c28-22(23-26-20-9-3-4-10-21(20)27-23)17-11-13-18(14-12-17)29-24-19(8-5-15-25-24)16-6-1-2-7-16/h3-6,8-15H,1-2,7H2,(H,26,27). The predicted molar refractivity (Wildman–Crippen MR) is 112 cm³/mol. The van der Waals surface area contributed by atoms with Crippen molar-refractivity contribution < 1.29 is 9.53 Å². The molecule has 5 rings (SSSR count). The lowest BCUT2D eigenvalue weighted by molar-refractivity contribution is 0.103. The van der Waals surface area contributed by atoms with Gasteiger partial charge in [0.25, 0.3) is 0 Å². The van der Waals surface area contributed by atoms with Crippen LogP contribution in [0.3, 0.4) is 0 Å². The number of ether oxygens (including phenoxy) is 1. The Morgan fingerprint density at radius 2 is 1.86 bits per heavy atom. The first-order valence-corrected chi connectivity index (χ1v) is 9.70. The van der Waals surface area contributed by atoms with Crippen molar-refractivity contribution in [2.75, 3.05) is 0 Å². The second kappa shape index (κ2) is 7.36. The van der Waals surface area contributed by atoms with Gasteiger partial charge in [-0.05, 0) is 73.4 Å². The van der Waals surface area contributed by atoms with E-state index in [1.807, 2.05) is 36.4 Å². The smallest absolute Gasteiger partial charge is 0.228 e. The highest BCUT2D eigenvalue weighted by molar-refractivity contribution is 6.08. The Balaban J connectivity index is 1.37. The van der Waals surface area contributed by atoms with Crippen molar-refractivity contribution in [1.82, 2.24) is 15.0 Å². The van der Waals surface area contributed by atoms with Crippen LogP contribution in [-0.4, -0.2) is 20.7 Å². The van der Waals surface area contributed by atoms with Gasteiger partial charge < -0.3 is 9.72 Å². The summed E-state index contributed by atoms with van der Waals surface area (Å²) in [6, 6.07) is 18.6. The molecular weight excluding hydrogens is 362 g/mol. The summed E-state index contributed by atoms with van der Waals surface area (Å²) in [5.41, 5.74) is 4.49. The second-order valence-electron chi connectivity index (χ2n) is 7.04. The van der Waals surface area contributed by atoms with Gasteiger partial charge in [-0.15, -0.1) is 0 Å². The molecule has 0 unspecified atom stereocenters. The molecule has 29 heavy (non-hydrogen) atoms. The number of carbonyl (C=O) groups is 1. The third-order valence-electron chi connectivity index (χ3n) is 5.09. The van der Waals surface area contributed by atoms with Gasteiger partial charge >= 0.3 is 0 Å². The molecule has 0 bridgehead atoms. The summed E-state index contributed by atoms with van der Waals surface area (Å²) in [7, 11) is 0. The van der Waals surface area contributed by atoms with Crippen LogP contribution in [0.1, 0.15) is 41.0 Å². The summed E-state index contributed by atoms with van der Waals surface area (Å²) < 4.78 is 6.02. The number of pyridine rings is 1. The highest BCUT2D eigenvalue weighted by Crippen LogP contribution is 2.34. The fourth-order valence-corrected chi connectivity index (χ4v) is 3.62. The van der Waals surface area contributed by atoms with Crippen molar-refractivity contribution in [2.24, 2.45) is 0 Å². The Bertz CT molecular complexity index is 1190. The molecule has 2 heterocycles. The number of imidazole rings is 1. The van der Waals surface area contributed by atoms with E-state index in [0.717, 1.165) is 29.4 Å². The fraction of sp³-hybridized carbons (Fsp3) is 0.125. The van der Waals surface area contributed by atoms with Crippen LogP contribution in [0.4, 0.5) is 0 Å². The average molecular weight is 381 g/mol. The van der Waals surface area contributed by atoms with E-state index in [2.05, 4.69) is 21.0 Å². The van der Waals surface area contributed by atoms with Gasteiger partial charge in [0.2, 0.25) is 11.7 Å². The summed E-state index contributed by atoms with van der Waals surface area (Å²) in [5.74, 6) is 1.42. The van der Waals surface area contributed by atoms with E-state index in [4.69, 9.17) is 4.74 Å². The van der Waals surface area contributed by atoms with Gasteiger partial charge in [0.1, 0.15) is 5.75 Å². The number of carbonyl (C=O) groups excluding carboxylic acids is 1. The van der Waals surface area contributed by atoms with Gasteiger partial charge in [-0.25, -0.2) is 9.97 Å². The van der Waals surface area contributed by atoms with E-state index in [1.54, 1.807) is 30.5 Å². The number of hydrogen-bond donors (Lipinski definition) is 1. The number of hydrogen-bond acceptors (Lipinski definition) is 4. The van der Waals surface area contributed by atoms with Crippen LogP contribution in [0.15, 0.2) is 72.9 Å². The molecule has 0 atom stereocenters. The molecule has 0 amide bonds. The number of nitrogens with zero attached hydrogens (tertiary/aromatic N) is 2. The van der Waals surface area contributed by atoms with Crippen LogP contribution in [0, 0.1) is 0 Å². The minimum Gasteiger partial charge on any atom is -0.438 e. The molecule has 1 N–H and O–H groups in total. The normalized spacial score (nSPS) is 13.4. The van der Waals surface area contributed by atoms with E-state index in [1.165, 1.54) is 12.0 Å². The predicted octanol–water partition coefficient (Wildman–Crippen LogP) is 5.55. The zero-order chi connectivity index (χ0) is 19.6. The van der Waals surface area contributed by atoms with Crippen LogP contribution in [0.2, 0.25) is 0 Å². The minimum absolute atomic E-state index is 0.151. The molecule has 0 radical (unpaired) electrons. The topological polar surface area (TPSA) is 67.9 Å². The number of para-hydroxylation sites is 2. The number of allylic oxidation sites excluding steroid dienone is 2. The Morgan fingerprint density at radius 1 is 1.00 bits per heavy atom. The highest BCUT2D eigenvalue weighted by atomic mass is 16.5. The first-order chi connectivity index (χ1) is 14.3. The third kappa shape index (κ3) is 3.43. The number of ketones is 1. The number of nitrogens with one attached hydrogen (secondary N) is 1. The highest BCUT2D eigenvalue weighted by Gasteiger charge is 2.16. The molecule has 2 aromatic carbocycles. The van der Waals surface area contributed by atoms with Crippen LogP contribution >= 0.6 is 0 Å². The lowest BCUT2D eigenvalue weighted by atomic mass is 10.1. The Kier molecular flexibility index (Phi) is 4.41. The summed E-state index contributed by atoms with van der Waals surface area (Å²) in [4.78, 5) is 24.6. The first-order valence-electron chi connectivity index (χ1n) is 9.70. The minimum atomic E-state index is -0.151. The number of fused-ring (bicyclic) bond motifs is 1. The van der Waals surface area contributed by atoms with Crippen LogP contribution in [0.25, 0.3) is 16.6 Å². The van der Waals surface area contributed by atoms with Crippen molar-refractivity contribution in [3.8, 4) is 11.6 Å².